The number of nitrogens with zero attached hydrogens (tertiary/aromatic N) is 2. The summed E-state index contributed by atoms with van der Waals surface area (Å²) in [6.45, 7) is -0.155. The average molecular weight is 247 g/mol. The highest BCUT2D eigenvalue weighted by molar-refractivity contribution is 7.85. The Balaban J connectivity index is 2.85. The van der Waals surface area contributed by atoms with E-state index in [1.165, 1.54) is 12.3 Å². The molecule has 0 unspecified atom stereocenters. The maximum Gasteiger partial charge on any atom is 0.264 e. The molecule has 0 saturated heterocycles. The minimum Gasteiger partial charge on any atom is -0.265 e. The zero-order chi connectivity index (χ0) is 11.5. The second kappa shape index (κ2) is 4.57. The molecule has 0 amide bonds. The van der Waals surface area contributed by atoms with Crippen molar-refractivity contribution in [3.05, 3.63) is 28.5 Å². The highest BCUT2D eigenvalue weighted by Gasteiger charge is 2.06. The van der Waals surface area contributed by atoms with E-state index < -0.39 is 10.1 Å². The Bertz CT molecular complexity index is 507. The first-order chi connectivity index (χ1) is 6.92. The molecule has 0 spiro atoms. The second-order valence-corrected chi connectivity index (χ2v) is 4.76. The van der Waals surface area contributed by atoms with Crippen LogP contribution in [0.4, 0.5) is 0 Å². The predicted molar refractivity (Wildman–Crippen MR) is 53.6 cm³/mol. The van der Waals surface area contributed by atoms with Gasteiger partial charge >= 0.3 is 0 Å². The van der Waals surface area contributed by atoms with Gasteiger partial charge in [0.1, 0.15) is 11.2 Å². The molecule has 0 aliphatic rings. The summed E-state index contributed by atoms with van der Waals surface area (Å²) in [4.78, 5) is 3.72. The quantitative estimate of drug-likeness (QED) is 0.589. The molecule has 80 valence electrons. The Morgan fingerprint density at radius 1 is 1.67 bits per heavy atom. The van der Waals surface area contributed by atoms with E-state index >= 15 is 0 Å². The Morgan fingerprint density at radius 2 is 2.33 bits per heavy atom. The molecule has 0 saturated carbocycles. The van der Waals surface area contributed by atoms with Crippen LogP contribution in [0.25, 0.3) is 0 Å². The standard InChI is InChI=1S/C8H7ClN2O3S/c1-15(12,13)14-5-6-2-7(3-10)8(9)11-4-6/h2,4H,5H2,1H3. The summed E-state index contributed by atoms with van der Waals surface area (Å²) in [6, 6.07) is 3.26. The van der Waals surface area contributed by atoms with Gasteiger partial charge in [0.05, 0.1) is 18.4 Å². The maximum atomic E-state index is 10.7. The molecule has 5 nitrogen and oxygen atoms in total. The monoisotopic (exact) mass is 246 g/mol. The lowest BCUT2D eigenvalue weighted by Gasteiger charge is -2.02. The number of pyridine rings is 1. The molecule has 1 rings (SSSR count). The van der Waals surface area contributed by atoms with Gasteiger partial charge in [0, 0.05) is 6.20 Å². The van der Waals surface area contributed by atoms with E-state index in [2.05, 4.69) is 9.17 Å². The minimum absolute atomic E-state index is 0.0839. The number of hydrogen-bond donors (Lipinski definition) is 0. The van der Waals surface area contributed by atoms with Crippen molar-refractivity contribution in [2.24, 2.45) is 0 Å². The first kappa shape index (κ1) is 11.9. The molecule has 1 aromatic rings. The fourth-order valence-corrected chi connectivity index (χ4v) is 1.32. The predicted octanol–water partition coefficient (Wildman–Crippen LogP) is 1.08. The minimum atomic E-state index is -3.50. The van der Waals surface area contributed by atoms with Crippen LogP contribution in [0.2, 0.25) is 5.15 Å². The molecule has 0 atom stereocenters. The highest BCUT2D eigenvalue weighted by atomic mass is 35.5. The zero-order valence-corrected chi connectivity index (χ0v) is 9.34. The number of aromatic nitrogens is 1. The Labute approximate surface area is 92.4 Å². The van der Waals surface area contributed by atoms with E-state index in [0.717, 1.165) is 6.26 Å². The molecular weight excluding hydrogens is 240 g/mol. The molecule has 0 fully saturated rings. The van der Waals surface area contributed by atoms with Crippen molar-refractivity contribution < 1.29 is 12.6 Å². The molecule has 0 aliphatic heterocycles. The lowest BCUT2D eigenvalue weighted by atomic mass is 10.2. The fraction of sp³-hybridized carbons (Fsp3) is 0.250. The van der Waals surface area contributed by atoms with Crippen LogP contribution in [-0.4, -0.2) is 19.7 Å². The second-order valence-electron chi connectivity index (χ2n) is 2.76. The van der Waals surface area contributed by atoms with Gasteiger partial charge in [-0.05, 0) is 11.6 Å². The molecule has 1 aromatic heterocycles. The van der Waals surface area contributed by atoms with Gasteiger partial charge in [-0.2, -0.15) is 13.7 Å². The van der Waals surface area contributed by atoms with Gasteiger partial charge in [0.2, 0.25) is 0 Å². The molecule has 1 heterocycles. The van der Waals surface area contributed by atoms with Crippen LogP contribution >= 0.6 is 11.6 Å². The van der Waals surface area contributed by atoms with E-state index in [4.69, 9.17) is 16.9 Å². The summed E-state index contributed by atoms with van der Waals surface area (Å²) in [6.07, 6.45) is 2.30. The van der Waals surface area contributed by atoms with Crippen LogP contribution in [0.5, 0.6) is 0 Å². The van der Waals surface area contributed by atoms with Gasteiger partial charge in [0.25, 0.3) is 10.1 Å². The first-order valence-electron chi connectivity index (χ1n) is 3.81. The summed E-state index contributed by atoms with van der Waals surface area (Å²) >= 11 is 5.59. The van der Waals surface area contributed by atoms with Gasteiger partial charge < -0.3 is 0 Å². The SMILES string of the molecule is CS(=O)(=O)OCc1cnc(Cl)c(C#N)c1. The van der Waals surface area contributed by atoms with Gasteiger partial charge in [-0.15, -0.1) is 0 Å². The molecule has 15 heavy (non-hydrogen) atoms. The van der Waals surface area contributed by atoms with Crippen LogP contribution < -0.4 is 0 Å². The third-order valence-corrected chi connectivity index (χ3v) is 2.30. The van der Waals surface area contributed by atoms with Crippen molar-refractivity contribution >= 4 is 21.7 Å². The molecule has 0 radical (unpaired) electrons. The number of halogens is 1. The molecule has 7 heteroatoms. The Hall–Kier alpha value is -1.16. The van der Waals surface area contributed by atoms with Gasteiger partial charge in [-0.1, -0.05) is 11.6 Å². The lowest BCUT2D eigenvalue weighted by Crippen LogP contribution is -2.03. The van der Waals surface area contributed by atoms with Crippen LogP contribution in [0.3, 0.4) is 0 Å². The summed E-state index contributed by atoms with van der Waals surface area (Å²) in [7, 11) is -3.50. The van der Waals surface area contributed by atoms with E-state index in [1.54, 1.807) is 0 Å². The molecule has 0 N–H and O–H groups in total. The Kier molecular flexibility index (Phi) is 3.63. The maximum absolute atomic E-state index is 10.7. The van der Waals surface area contributed by atoms with Gasteiger partial charge in [-0.3, -0.25) is 4.18 Å². The van der Waals surface area contributed by atoms with Crippen molar-refractivity contribution in [1.29, 1.82) is 5.26 Å². The summed E-state index contributed by atoms with van der Waals surface area (Å²) < 4.78 is 25.9. The third kappa shape index (κ3) is 3.83. The summed E-state index contributed by atoms with van der Waals surface area (Å²) in [5.41, 5.74) is 0.660. The zero-order valence-electron chi connectivity index (χ0n) is 7.77. The number of rotatable bonds is 3. The normalized spacial score (nSPS) is 11.0. The van der Waals surface area contributed by atoms with Crippen molar-refractivity contribution in [2.45, 2.75) is 6.61 Å². The van der Waals surface area contributed by atoms with Crippen LogP contribution in [0, 0.1) is 11.3 Å². The van der Waals surface area contributed by atoms with Crippen LogP contribution in [0.1, 0.15) is 11.1 Å². The summed E-state index contributed by atoms with van der Waals surface area (Å²) in [5.74, 6) is 0. The van der Waals surface area contributed by atoms with Crippen molar-refractivity contribution in [1.82, 2.24) is 4.98 Å². The van der Waals surface area contributed by atoms with E-state index in [9.17, 15) is 8.42 Å². The number of nitriles is 1. The van der Waals surface area contributed by atoms with Gasteiger partial charge in [-0.25, -0.2) is 4.98 Å². The van der Waals surface area contributed by atoms with Crippen molar-refractivity contribution in [3.63, 3.8) is 0 Å². The van der Waals surface area contributed by atoms with E-state index in [-0.39, 0.29) is 17.3 Å². The fourth-order valence-electron chi connectivity index (χ4n) is 0.824. The molecular formula is C8H7ClN2O3S. The third-order valence-electron chi connectivity index (χ3n) is 1.46. The smallest absolute Gasteiger partial charge is 0.264 e. The van der Waals surface area contributed by atoms with Crippen molar-refractivity contribution in [2.75, 3.05) is 6.26 Å². The topological polar surface area (TPSA) is 80.1 Å². The van der Waals surface area contributed by atoms with Crippen LogP contribution in [-0.2, 0) is 20.9 Å². The van der Waals surface area contributed by atoms with Crippen molar-refractivity contribution in [3.8, 4) is 6.07 Å². The largest absolute Gasteiger partial charge is 0.265 e. The first-order valence-corrected chi connectivity index (χ1v) is 6.01. The highest BCUT2D eigenvalue weighted by Crippen LogP contribution is 2.13. The summed E-state index contributed by atoms with van der Waals surface area (Å²) in [5, 5.41) is 8.72. The number of hydrogen-bond acceptors (Lipinski definition) is 5. The molecule has 0 bridgehead atoms. The van der Waals surface area contributed by atoms with E-state index in [1.807, 2.05) is 6.07 Å². The van der Waals surface area contributed by atoms with Gasteiger partial charge in [0.15, 0.2) is 0 Å². The lowest BCUT2D eigenvalue weighted by molar-refractivity contribution is 0.311. The van der Waals surface area contributed by atoms with Crippen LogP contribution in [0.15, 0.2) is 12.3 Å². The van der Waals surface area contributed by atoms with E-state index in [0.29, 0.717) is 5.56 Å². The Morgan fingerprint density at radius 3 is 2.87 bits per heavy atom. The average Bonchev–Trinajstić information content (AvgIpc) is 2.15. The molecule has 0 aliphatic carbocycles. The molecule has 0 aromatic carbocycles.